The van der Waals surface area contributed by atoms with E-state index in [0.29, 0.717) is 36.9 Å². The zero-order chi connectivity index (χ0) is 28.0. The van der Waals surface area contributed by atoms with E-state index in [1.165, 1.54) is 4.90 Å². The Hall–Kier alpha value is -4.26. The molecule has 0 unspecified atom stereocenters. The number of fused-ring (bicyclic) bond motifs is 5. The highest BCUT2D eigenvalue weighted by Gasteiger charge is 2.60. The Morgan fingerprint density at radius 3 is 2.50 bits per heavy atom. The third-order valence-corrected chi connectivity index (χ3v) is 8.27. The number of imide groups is 1. The number of hydrogen-bond acceptors (Lipinski definition) is 4. The maximum absolute atomic E-state index is 14.3. The van der Waals surface area contributed by atoms with Crippen LogP contribution in [0.15, 0.2) is 66.7 Å². The summed E-state index contributed by atoms with van der Waals surface area (Å²) >= 11 is 0. The summed E-state index contributed by atoms with van der Waals surface area (Å²) in [7, 11) is 0. The average Bonchev–Trinajstić information content (AvgIpc) is 3.46. The van der Waals surface area contributed by atoms with Crippen LogP contribution < -0.4 is 14.4 Å². The fourth-order valence-electron chi connectivity index (χ4n) is 6.27. The smallest absolute Gasteiger partial charge is 0.332 e. The number of aromatic nitrogens is 1. The van der Waals surface area contributed by atoms with Crippen molar-refractivity contribution in [1.82, 2.24) is 9.88 Å². The fourth-order valence-corrected chi connectivity index (χ4v) is 6.27. The first-order valence-electron chi connectivity index (χ1n) is 14.2. The summed E-state index contributed by atoms with van der Waals surface area (Å²) in [5, 5.41) is 1.06. The van der Waals surface area contributed by atoms with Gasteiger partial charge in [0.05, 0.1) is 24.6 Å². The van der Waals surface area contributed by atoms with Gasteiger partial charge in [-0.15, -0.1) is 0 Å². The van der Waals surface area contributed by atoms with Crippen LogP contribution in [-0.4, -0.2) is 41.6 Å². The highest BCUT2D eigenvalue weighted by Crippen LogP contribution is 2.51. The molecule has 0 aliphatic carbocycles. The van der Waals surface area contributed by atoms with E-state index < -0.39 is 5.54 Å². The molecular weight excluding hydrogens is 502 g/mol. The molecule has 0 spiro atoms. The second-order valence-electron chi connectivity index (χ2n) is 10.6. The molecule has 1 saturated heterocycles. The number of carbonyl (C=O) groups is 2. The topological polar surface area (TPSA) is 74.9 Å². The van der Waals surface area contributed by atoms with Crippen LogP contribution in [0.3, 0.4) is 0 Å². The molecule has 7 heteroatoms. The second-order valence-corrected chi connectivity index (χ2v) is 10.6. The van der Waals surface area contributed by atoms with Gasteiger partial charge in [-0.25, -0.2) is 9.69 Å². The van der Waals surface area contributed by atoms with Crippen molar-refractivity contribution >= 4 is 28.5 Å². The first-order chi connectivity index (χ1) is 19.4. The Bertz CT molecular complexity index is 1610. The highest BCUT2D eigenvalue weighted by atomic mass is 16.5. The lowest BCUT2D eigenvalue weighted by atomic mass is 9.78. The minimum Gasteiger partial charge on any atom is -0.490 e. The number of H-pyrrole nitrogens is 1. The van der Waals surface area contributed by atoms with Crippen LogP contribution in [-0.2, 0) is 16.8 Å². The zero-order valence-corrected chi connectivity index (χ0v) is 23.5. The molecule has 3 amide bonds. The highest BCUT2D eigenvalue weighted by molar-refractivity contribution is 6.24. The number of anilines is 1. The molecule has 206 valence electrons. The zero-order valence-electron chi connectivity index (χ0n) is 23.5. The monoisotopic (exact) mass is 537 g/mol. The van der Waals surface area contributed by atoms with Gasteiger partial charge in [0.1, 0.15) is 0 Å². The summed E-state index contributed by atoms with van der Waals surface area (Å²) in [6, 6.07) is 21.5. The predicted octanol–water partition coefficient (Wildman–Crippen LogP) is 6.75. The van der Waals surface area contributed by atoms with Gasteiger partial charge in [-0.1, -0.05) is 56.3 Å². The van der Waals surface area contributed by atoms with E-state index >= 15 is 0 Å². The molecule has 40 heavy (non-hydrogen) atoms. The predicted molar refractivity (Wildman–Crippen MR) is 156 cm³/mol. The fraction of sp³-hybridized carbons (Fsp3) is 0.333. The van der Waals surface area contributed by atoms with Crippen molar-refractivity contribution in [2.45, 2.75) is 52.0 Å². The molecule has 7 nitrogen and oxygen atoms in total. The summed E-state index contributed by atoms with van der Waals surface area (Å²) in [6.07, 6.45) is 1.62. The first kappa shape index (κ1) is 26.0. The number of para-hydroxylation sites is 2. The van der Waals surface area contributed by atoms with Gasteiger partial charge >= 0.3 is 6.03 Å². The van der Waals surface area contributed by atoms with Gasteiger partial charge in [0, 0.05) is 23.4 Å². The van der Waals surface area contributed by atoms with E-state index in [4.69, 9.17) is 9.47 Å². The molecule has 1 N–H and O–H groups in total. The maximum atomic E-state index is 14.3. The molecule has 0 saturated carbocycles. The molecular formula is C33H35N3O4. The normalized spacial score (nSPS) is 20.1. The van der Waals surface area contributed by atoms with Crippen molar-refractivity contribution in [3.8, 4) is 11.5 Å². The van der Waals surface area contributed by atoms with Crippen molar-refractivity contribution in [3.05, 3.63) is 89.1 Å². The molecule has 1 aromatic heterocycles. The Labute approximate surface area is 234 Å². The molecule has 2 aliphatic rings. The third kappa shape index (κ3) is 3.79. The number of amides is 3. The Kier molecular flexibility index (Phi) is 6.53. The van der Waals surface area contributed by atoms with Crippen LogP contribution in [0.4, 0.5) is 10.5 Å². The van der Waals surface area contributed by atoms with Crippen LogP contribution in [0.2, 0.25) is 0 Å². The molecule has 2 atom stereocenters. The summed E-state index contributed by atoms with van der Waals surface area (Å²) in [4.78, 5) is 35.1. The number of nitrogens with zero attached hydrogens (tertiary/aromatic N) is 2. The summed E-state index contributed by atoms with van der Waals surface area (Å²) in [5.41, 5.74) is 4.23. The van der Waals surface area contributed by atoms with E-state index in [9.17, 15) is 9.59 Å². The number of aromatic amines is 1. The van der Waals surface area contributed by atoms with Crippen LogP contribution in [0.5, 0.6) is 11.5 Å². The van der Waals surface area contributed by atoms with Gasteiger partial charge < -0.3 is 19.4 Å². The molecule has 6 rings (SSSR count). The lowest BCUT2D eigenvalue weighted by Gasteiger charge is -2.40. The van der Waals surface area contributed by atoms with Crippen LogP contribution in [0, 0.1) is 0 Å². The number of carbonyl (C=O) groups excluding carboxylic acids is 2. The number of aryl methyl sites for hydroxylation is 1. The van der Waals surface area contributed by atoms with Crippen molar-refractivity contribution in [2.75, 3.05) is 24.7 Å². The van der Waals surface area contributed by atoms with Gasteiger partial charge in [0.15, 0.2) is 17.0 Å². The minimum absolute atomic E-state index is 0.170. The Balaban J connectivity index is 1.53. The quantitative estimate of drug-likeness (QED) is 0.252. The van der Waals surface area contributed by atoms with Gasteiger partial charge in [0.25, 0.3) is 5.91 Å². The minimum atomic E-state index is -1.16. The van der Waals surface area contributed by atoms with E-state index in [0.717, 1.165) is 46.1 Å². The largest absolute Gasteiger partial charge is 0.490 e. The molecule has 3 heterocycles. The summed E-state index contributed by atoms with van der Waals surface area (Å²) < 4.78 is 12.0. The van der Waals surface area contributed by atoms with Gasteiger partial charge in [0.2, 0.25) is 0 Å². The molecule has 2 aliphatic heterocycles. The van der Waals surface area contributed by atoms with Crippen LogP contribution >= 0.6 is 0 Å². The maximum Gasteiger partial charge on any atom is 0.332 e. The third-order valence-electron chi connectivity index (χ3n) is 8.27. The standard InChI is InChI=1S/C33H35N3O4/c1-5-18-40-27-17-16-22(19-28(27)39-7-3)24-20-35-32(38)36(26-15-11-8-12-21(26)6-2)31(37)33(35,4)30-29(24)23-13-9-10-14-25(23)34-30/h8-17,19,24,34H,5-7,18,20H2,1-4H3/t24-,33+/m1/s1. The molecule has 0 bridgehead atoms. The number of rotatable bonds is 8. The van der Waals surface area contributed by atoms with E-state index in [2.05, 4.69) is 24.0 Å². The molecule has 4 aromatic rings. The summed E-state index contributed by atoms with van der Waals surface area (Å²) in [6.45, 7) is 9.42. The van der Waals surface area contributed by atoms with Crippen molar-refractivity contribution < 1.29 is 19.1 Å². The number of urea groups is 1. The van der Waals surface area contributed by atoms with Crippen LogP contribution in [0.25, 0.3) is 10.9 Å². The number of ether oxygens (including phenoxy) is 2. The first-order valence-corrected chi connectivity index (χ1v) is 14.2. The Morgan fingerprint density at radius 2 is 1.73 bits per heavy atom. The molecule has 1 fully saturated rings. The van der Waals surface area contributed by atoms with E-state index in [1.54, 1.807) is 4.90 Å². The second kappa shape index (κ2) is 10.0. The van der Waals surface area contributed by atoms with Gasteiger partial charge in [-0.3, -0.25) is 4.79 Å². The van der Waals surface area contributed by atoms with Crippen LogP contribution in [0.1, 0.15) is 62.4 Å². The molecule has 0 radical (unpaired) electrons. The SMILES string of the molecule is CCCOc1ccc([C@H]2CN3C(=O)N(c4ccccc4CC)C(=O)[C@]3(C)c3[nH]c4ccccc4c32)cc1OCC. The van der Waals surface area contributed by atoms with Crippen molar-refractivity contribution in [3.63, 3.8) is 0 Å². The van der Waals surface area contributed by atoms with Crippen molar-refractivity contribution in [2.24, 2.45) is 0 Å². The summed E-state index contributed by atoms with van der Waals surface area (Å²) in [5.74, 6) is 0.993. The number of benzene rings is 3. The lowest BCUT2D eigenvalue weighted by Crippen LogP contribution is -2.50. The molecule has 3 aromatic carbocycles. The number of nitrogens with one attached hydrogen (secondary N) is 1. The lowest BCUT2D eigenvalue weighted by molar-refractivity contribution is -0.125. The Morgan fingerprint density at radius 1 is 0.950 bits per heavy atom. The van der Waals surface area contributed by atoms with E-state index in [-0.39, 0.29) is 17.9 Å². The van der Waals surface area contributed by atoms with Gasteiger partial charge in [-0.05, 0) is 67.6 Å². The number of hydrogen-bond donors (Lipinski definition) is 1. The van der Waals surface area contributed by atoms with Gasteiger partial charge in [-0.2, -0.15) is 0 Å². The van der Waals surface area contributed by atoms with Crippen molar-refractivity contribution in [1.29, 1.82) is 0 Å². The van der Waals surface area contributed by atoms with E-state index in [1.807, 2.05) is 75.4 Å². The average molecular weight is 538 g/mol.